The average Bonchev–Trinajstić information content (AvgIpc) is 2.61. The Labute approximate surface area is 171 Å². The van der Waals surface area contributed by atoms with Crippen LogP contribution in [0.2, 0.25) is 5.02 Å². The SMILES string of the molecule is CCNC(=NCCc1ccccc1Cl)NCCOc1cccnc1.I. The Balaban J connectivity index is 0.00000312. The van der Waals surface area contributed by atoms with Crippen molar-refractivity contribution in [2.75, 3.05) is 26.2 Å². The maximum atomic E-state index is 6.16. The van der Waals surface area contributed by atoms with Crippen molar-refractivity contribution in [2.45, 2.75) is 13.3 Å². The highest BCUT2D eigenvalue weighted by atomic mass is 127. The first kappa shape index (κ1) is 21.5. The molecule has 0 bridgehead atoms. The summed E-state index contributed by atoms with van der Waals surface area (Å²) in [4.78, 5) is 8.57. The number of rotatable bonds is 8. The van der Waals surface area contributed by atoms with E-state index < -0.39 is 0 Å². The summed E-state index contributed by atoms with van der Waals surface area (Å²) in [6.45, 7) is 4.72. The Morgan fingerprint density at radius 3 is 2.76 bits per heavy atom. The van der Waals surface area contributed by atoms with Gasteiger partial charge < -0.3 is 15.4 Å². The average molecular weight is 475 g/mol. The van der Waals surface area contributed by atoms with Crippen LogP contribution in [-0.4, -0.2) is 37.2 Å². The predicted octanol–water partition coefficient (Wildman–Crippen LogP) is 3.53. The van der Waals surface area contributed by atoms with Crippen LogP contribution < -0.4 is 15.4 Å². The van der Waals surface area contributed by atoms with Crippen LogP contribution in [0.3, 0.4) is 0 Å². The molecule has 0 aliphatic rings. The Morgan fingerprint density at radius 1 is 1.20 bits per heavy atom. The molecule has 5 nitrogen and oxygen atoms in total. The third kappa shape index (κ3) is 8.40. The number of nitrogens with zero attached hydrogens (tertiary/aromatic N) is 2. The number of nitrogens with one attached hydrogen (secondary N) is 2. The molecule has 0 fully saturated rings. The van der Waals surface area contributed by atoms with E-state index in [-0.39, 0.29) is 24.0 Å². The number of hydrogen-bond acceptors (Lipinski definition) is 3. The molecule has 1 aromatic heterocycles. The number of aliphatic imine (C=N–C) groups is 1. The van der Waals surface area contributed by atoms with Crippen molar-refractivity contribution in [3.8, 4) is 5.75 Å². The molecule has 0 spiro atoms. The fourth-order valence-electron chi connectivity index (χ4n) is 2.10. The molecule has 2 rings (SSSR count). The Morgan fingerprint density at radius 2 is 2.04 bits per heavy atom. The number of hydrogen-bond donors (Lipinski definition) is 2. The van der Waals surface area contributed by atoms with Crippen LogP contribution in [0, 0.1) is 0 Å². The number of guanidine groups is 1. The highest BCUT2D eigenvalue weighted by molar-refractivity contribution is 14.0. The first-order chi connectivity index (χ1) is 11.8. The highest BCUT2D eigenvalue weighted by Gasteiger charge is 2.00. The van der Waals surface area contributed by atoms with Crippen LogP contribution in [0.15, 0.2) is 53.8 Å². The third-order valence-corrected chi connectivity index (χ3v) is 3.62. The van der Waals surface area contributed by atoms with Gasteiger partial charge in [0, 0.05) is 24.3 Å². The van der Waals surface area contributed by atoms with Gasteiger partial charge in [-0.25, -0.2) is 0 Å². The second kappa shape index (κ2) is 12.8. The molecule has 0 saturated heterocycles. The van der Waals surface area contributed by atoms with Gasteiger partial charge in [0.1, 0.15) is 12.4 Å². The Hall–Kier alpha value is -1.54. The molecule has 0 unspecified atom stereocenters. The Bertz CT molecular complexity index is 640. The molecule has 2 N–H and O–H groups in total. The predicted molar refractivity (Wildman–Crippen MR) is 114 cm³/mol. The number of benzene rings is 1. The van der Waals surface area contributed by atoms with E-state index in [9.17, 15) is 0 Å². The van der Waals surface area contributed by atoms with Crippen molar-refractivity contribution >= 4 is 41.5 Å². The maximum absolute atomic E-state index is 6.16. The lowest BCUT2D eigenvalue weighted by atomic mass is 10.1. The molecule has 25 heavy (non-hydrogen) atoms. The minimum Gasteiger partial charge on any atom is -0.490 e. The lowest BCUT2D eigenvalue weighted by molar-refractivity contribution is 0.320. The lowest BCUT2D eigenvalue weighted by Crippen LogP contribution is -2.39. The molecular formula is C18H24ClIN4O. The normalized spacial score (nSPS) is 10.7. The molecule has 0 atom stereocenters. The minimum absolute atomic E-state index is 0. The topological polar surface area (TPSA) is 58.5 Å². The molecule has 136 valence electrons. The summed E-state index contributed by atoms with van der Waals surface area (Å²) in [6.07, 6.45) is 4.23. The van der Waals surface area contributed by atoms with Gasteiger partial charge in [-0.2, -0.15) is 0 Å². The molecule has 2 aromatic rings. The van der Waals surface area contributed by atoms with Crippen molar-refractivity contribution in [2.24, 2.45) is 4.99 Å². The first-order valence-electron chi connectivity index (χ1n) is 8.08. The van der Waals surface area contributed by atoms with Gasteiger partial charge in [0.2, 0.25) is 0 Å². The summed E-state index contributed by atoms with van der Waals surface area (Å²) in [6, 6.07) is 11.6. The molecule has 0 aliphatic carbocycles. The van der Waals surface area contributed by atoms with Crippen LogP contribution in [0.4, 0.5) is 0 Å². The Kier molecular flexibility index (Phi) is 11.0. The monoisotopic (exact) mass is 474 g/mol. The number of pyridine rings is 1. The zero-order valence-corrected chi connectivity index (χ0v) is 17.3. The molecule has 1 aromatic carbocycles. The summed E-state index contributed by atoms with van der Waals surface area (Å²) in [5.41, 5.74) is 1.11. The molecule has 0 radical (unpaired) electrons. The van der Waals surface area contributed by atoms with Crippen LogP contribution in [0.5, 0.6) is 5.75 Å². The molecule has 0 aliphatic heterocycles. The summed E-state index contributed by atoms with van der Waals surface area (Å²) in [5, 5.41) is 7.26. The van der Waals surface area contributed by atoms with Crippen molar-refractivity contribution in [3.05, 3.63) is 59.4 Å². The third-order valence-electron chi connectivity index (χ3n) is 3.25. The van der Waals surface area contributed by atoms with E-state index in [1.54, 1.807) is 12.4 Å². The second-order valence-electron chi connectivity index (χ2n) is 5.07. The molecule has 0 amide bonds. The summed E-state index contributed by atoms with van der Waals surface area (Å²) < 4.78 is 5.60. The quantitative estimate of drug-likeness (QED) is 0.266. The van der Waals surface area contributed by atoms with Crippen molar-refractivity contribution in [3.63, 3.8) is 0 Å². The maximum Gasteiger partial charge on any atom is 0.191 e. The number of halogens is 2. The zero-order valence-electron chi connectivity index (χ0n) is 14.2. The van der Waals surface area contributed by atoms with Gasteiger partial charge in [0.25, 0.3) is 0 Å². The summed E-state index contributed by atoms with van der Waals surface area (Å²) >= 11 is 6.16. The van der Waals surface area contributed by atoms with E-state index in [0.29, 0.717) is 19.7 Å². The highest BCUT2D eigenvalue weighted by Crippen LogP contribution is 2.15. The van der Waals surface area contributed by atoms with E-state index in [4.69, 9.17) is 16.3 Å². The van der Waals surface area contributed by atoms with Crippen LogP contribution in [0.25, 0.3) is 0 Å². The van der Waals surface area contributed by atoms with Gasteiger partial charge in [-0.3, -0.25) is 9.98 Å². The van der Waals surface area contributed by atoms with E-state index in [2.05, 4.69) is 20.6 Å². The first-order valence-corrected chi connectivity index (χ1v) is 8.46. The number of aromatic nitrogens is 1. The van der Waals surface area contributed by atoms with Crippen molar-refractivity contribution < 1.29 is 4.74 Å². The lowest BCUT2D eigenvalue weighted by Gasteiger charge is -2.12. The molecule has 1 heterocycles. The second-order valence-corrected chi connectivity index (χ2v) is 5.47. The smallest absolute Gasteiger partial charge is 0.191 e. The van der Waals surface area contributed by atoms with Crippen molar-refractivity contribution in [1.82, 2.24) is 15.6 Å². The van der Waals surface area contributed by atoms with Gasteiger partial charge >= 0.3 is 0 Å². The van der Waals surface area contributed by atoms with Gasteiger partial charge in [-0.05, 0) is 37.1 Å². The number of ether oxygens (including phenoxy) is 1. The summed E-state index contributed by atoms with van der Waals surface area (Å²) in [5.74, 6) is 1.54. The van der Waals surface area contributed by atoms with E-state index in [0.717, 1.165) is 35.3 Å². The largest absolute Gasteiger partial charge is 0.490 e. The zero-order chi connectivity index (χ0) is 17.0. The molecule has 0 saturated carbocycles. The van der Waals surface area contributed by atoms with E-state index in [1.807, 2.05) is 43.3 Å². The molecular weight excluding hydrogens is 451 g/mol. The van der Waals surface area contributed by atoms with Crippen LogP contribution in [-0.2, 0) is 6.42 Å². The minimum atomic E-state index is 0. The van der Waals surface area contributed by atoms with Gasteiger partial charge in [0.15, 0.2) is 5.96 Å². The van der Waals surface area contributed by atoms with Crippen LogP contribution >= 0.6 is 35.6 Å². The van der Waals surface area contributed by atoms with Gasteiger partial charge in [0.05, 0.1) is 12.7 Å². The van der Waals surface area contributed by atoms with Gasteiger partial charge in [-0.15, -0.1) is 24.0 Å². The standard InChI is InChI=1S/C18H23ClN4O.HI/c1-2-21-18(22-11-9-15-6-3-4-8-17(15)19)23-12-13-24-16-7-5-10-20-14-16;/h3-8,10,14H,2,9,11-13H2,1H3,(H2,21,22,23);1H. The van der Waals surface area contributed by atoms with Gasteiger partial charge in [-0.1, -0.05) is 29.8 Å². The summed E-state index contributed by atoms with van der Waals surface area (Å²) in [7, 11) is 0. The van der Waals surface area contributed by atoms with Crippen molar-refractivity contribution in [1.29, 1.82) is 0 Å². The fourth-order valence-corrected chi connectivity index (χ4v) is 2.33. The van der Waals surface area contributed by atoms with E-state index in [1.165, 1.54) is 0 Å². The fraction of sp³-hybridized carbons (Fsp3) is 0.333. The van der Waals surface area contributed by atoms with E-state index >= 15 is 0 Å². The molecule has 7 heteroatoms. The van der Waals surface area contributed by atoms with Crippen LogP contribution in [0.1, 0.15) is 12.5 Å².